The number of benzene rings is 2. The Hall–Kier alpha value is -6.95. The molecule has 0 fully saturated rings. The maximum atomic E-state index is 12.8. The van der Waals surface area contributed by atoms with Crippen LogP contribution in [0.5, 0.6) is 0 Å². The number of carbonyl (C=O) groups excluding carboxylic acids is 1. The molecule has 4 heterocycles. The van der Waals surface area contributed by atoms with E-state index in [9.17, 15) is 22.8 Å². The second kappa shape index (κ2) is 19.4. The van der Waals surface area contributed by atoms with Crippen molar-refractivity contribution in [2.45, 2.75) is 52.9 Å². The number of halogens is 3. The van der Waals surface area contributed by atoms with Crippen LogP contribution in [0.4, 0.5) is 13.2 Å². The lowest BCUT2D eigenvalue weighted by Gasteiger charge is -2.10. The van der Waals surface area contributed by atoms with E-state index in [1.807, 2.05) is 39.8 Å². The van der Waals surface area contributed by atoms with E-state index in [2.05, 4.69) is 51.5 Å². The molecule has 15 nitrogen and oxygen atoms in total. The minimum Gasteiger partial charge on any atom is -0.478 e. The molecule has 4 aromatic heterocycles. The van der Waals surface area contributed by atoms with Gasteiger partial charge in [-0.15, -0.1) is 10.2 Å². The number of hydrogen-bond acceptors (Lipinski definition) is 11. The third-order valence-electron chi connectivity index (χ3n) is 7.34. The Morgan fingerprint density at radius 1 is 0.732 bits per heavy atom. The second-order valence-corrected chi connectivity index (χ2v) is 12.3. The van der Waals surface area contributed by atoms with Crippen molar-refractivity contribution in [1.82, 2.24) is 54.8 Å². The Balaban J connectivity index is 0.000000207. The fraction of sp³-hybridized carbons (Fsp3) is 0.211. The van der Waals surface area contributed by atoms with Crippen LogP contribution in [0.25, 0.3) is 35.2 Å². The minimum absolute atomic E-state index is 0.0151. The molecule has 4 N–H and O–H groups in total. The van der Waals surface area contributed by atoms with Gasteiger partial charge < -0.3 is 16.2 Å². The Kier molecular flexibility index (Phi) is 14.5. The van der Waals surface area contributed by atoms with Gasteiger partial charge in [0.05, 0.1) is 29.2 Å². The van der Waals surface area contributed by atoms with E-state index >= 15 is 0 Å². The Morgan fingerprint density at radius 2 is 1.23 bits per heavy atom. The van der Waals surface area contributed by atoms with Crippen LogP contribution in [-0.4, -0.2) is 66.4 Å². The molecular formula is C38H39F3N12O3. The number of nitrogens with one attached hydrogen (secondary N) is 1. The van der Waals surface area contributed by atoms with Crippen LogP contribution in [-0.2, 0) is 15.8 Å². The summed E-state index contributed by atoms with van der Waals surface area (Å²) < 4.78 is 40.9. The molecule has 0 bridgehead atoms. The molecule has 6 rings (SSSR count). The molecule has 0 saturated carbocycles. The fourth-order valence-electron chi connectivity index (χ4n) is 4.84. The van der Waals surface area contributed by atoms with Gasteiger partial charge in [-0.1, -0.05) is 17.2 Å². The first-order valence-corrected chi connectivity index (χ1v) is 16.8. The number of carboxylic acids is 1. The summed E-state index contributed by atoms with van der Waals surface area (Å²) in [7, 11) is 0. The average molecular weight is 769 g/mol. The van der Waals surface area contributed by atoms with Crippen molar-refractivity contribution in [3.63, 3.8) is 0 Å². The minimum atomic E-state index is -4.45. The number of aliphatic carboxylic acids is 1. The number of hydrogen-bond donors (Lipinski definition) is 3. The molecule has 290 valence electrons. The van der Waals surface area contributed by atoms with Gasteiger partial charge in [0.2, 0.25) is 5.91 Å². The number of rotatable bonds is 9. The van der Waals surface area contributed by atoms with Gasteiger partial charge in [0, 0.05) is 72.7 Å². The molecule has 2 aromatic carbocycles. The van der Waals surface area contributed by atoms with Gasteiger partial charge in [-0.3, -0.25) is 24.7 Å². The molecule has 56 heavy (non-hydrogen) atoms. The van der Waals surface area contributed by atoms with Crippen LogP contribution in [0.3, 0.4) is 0 Å². The molecular weight excluding hydrogens is 729 g/mol. The average Bonchev–Trinajstić information content (AvgIpc) is 3.84. The topological polar surface area (TPSA) is 205 Å². The van der Waals surface area contributed by atoms with Crippen LogP contribution >= 0.6 is 0 Å². The highest BCUT2D eigenvalue weighted by Crippen LogP contribution is 2.32. The van der Waals surface area contributed by atoms with Crippen LogP contribution in [0.1, 0.15) is 59.6 Å². The maximum absolute atomic E-state index is 12.8. The summed E-state index contributed by atoms with van der Waals surface area (Å²) in [6.45, 7) is 9.35. The first-order valence-electron chi connectivity index (χ1n) is 16.8. The van der Waals surface area contributed by atoms with Crippen molar-refractivity contribution >= 4 is 24.3 Å². The van der Waals surface area contributed by atoms with E-state index < -0.39 is 17.7 Å². The lowest BCUT2D eigenvalue weighted by Crippen LogP contribution is -2.25. The number of aromatic nitrogens is 10. The second-order valence-electron chi connectivity index (χ2n) is 12.3. The quantitative estimate of drug-likeness (QED) is 0.144. The van der Waals surface area contributed by atoms with Crippen molar-refractivity contribution in [3.05, 3.63) is 132 Å². The lowest BCUT2D eigenvalue weighted by atomic mass is 10.1. The highest BCUT2D eigenvalue weighted by Gasteiger charge is 2.31. The number of carbonyl (C=O) groups is 2. The van der Waals surface area contributed by atoms with Crippen molar-refractivity contribution in [1.29, 1.82) is 0 Å². The van der Waals surface area contributed by atoms with Gasteiger partial charge in [-0.2, -0.15) is 13.2 Å². The molecule has 18 heteroatoms. The van der Waals surface area contributed by atoms with Crippen LogP contribution in [0.2, 0.25) is 0 Å². The number of nitrogens with two attached hydrogens (primary N) is 1. The summed E-state index contributed by atoms with van der Waals surface area (Å²) in [5.74, 6) is -0.706. The largest absolute Gasteiger partial charge is 0.478 e. The van der Waals surface area contributed by atoms with Crippen molar-refractivity contribution in [2.24, 2.45) is 5.73 Å². The highest BCUT2D eigenvalue weighted by molar-refractivity contribution is 5.90. The molecule has 0 radical (unpaired) electrons. The van der Waals surface area contributed by atoms with E-state index in [-0.39, 0.29) is 29.4 Å². The van der Waals surface area contributed by atoms with E-state index in [1.165, 1.54) is 23.2 Å². The third-order valence-corrected chi connectivity index (χ3v) is 7.34. The Bertz CT molecular complexity index is 2250. The van der Waals surface area contributed by atoms with Gasteiger partial charge in [0.15, 0.2) is 11.6 Å². The molecule has 0 saturated heterocycles. The maximum Gasteiger partial charge on any atom is 0.416 e. The van der Waals surface area contributed by atoms with E-state index in [0.717, 1.165) is 51.5 Å². The Morgan fingerprint density at radius 3 is 1.70 bits per heavy atom. The van der Waals surface area contributed by atoms with Gasteiger partial charge in [0.1, 0.15) is 12.7 Å². The highest BCUT2D eigenvalue weighted by atomic mass is 19.4. The summed E-state index contributed by atoms with van der Waals surface area (Å²) in [6.07, 6.45) is 13.0. The molecule has 2 atom stereocenters. The molecule has 0 aliphatic carbocycles. The van der Waals surface area contributed by atoms with Crippen molar-refractivity contribution in [3.8, 4) is 22.8 Å². The summed E-state index contributed by atoms with van der Waals surface area (Å²) in [6, 6.07) is 9.43. The summed E-state index contributed by atoms with van der Waals surface area (Å²) in [5.41, 5.74) is 10.2. The van der Waals surface area contributed by atoms with Crippen LogP contribution < -0.4 is 11.1 Å². The zero-order valence-corrected chi connectivity index (χ0v) is 31.0. The first-order chi connectivity index (χ1) is 26.6. The molecule has 6 aromatic rings. The number of nitrogens with zero attached hydrogens (tertiary/aromatic N) is 10. The third kappa shape index (κ3) is 13.2. The van der Waals surface area contributed by atoms with Crippen molar-refractivity contribution < 1.29 is 27.9 Å². The fourth-order valence-corrected chi connectivity index (χ4v) is 4.84. The van der Waals surface area contributed by atoms with Crippen LogP contribution in [0, 0.1) is 20.8 Å². The molecule has 0 spiro atoms. The molecule has 2 unspecified atom stereocenters. The van der Waals surface area contributed by atoms with E-state index in [0.29, 0.717) is 17.1 Å². The predicted molar refractivity (Wildman–Crippen MR) is 202 cm³/mol. The number of aryl methyl sites for hydroxylation is 3. The smallest absolute Gasteiger partial charge is 0.416 e. The first kappa shape index (κ1) is 41.8. The number of alkyl halides is 3. The van der Waals surface area contributed by atoms with Crippen LogP contribution in [0.15, 0.2) is 98.4 Å². The summed E-state index contributed by atoms with van der Waals surface area (Å²) >= 11 is 0. The van der Waals surface area contributed by atoms with E-state index in [1.54, 1.807) is 56.6 Å². The summed E-state index contributed by atoms with van der Waals surface area (Å²) in [5, 5.41) is 19.6. The SMILES string of the molecule is CC(N)c1cnccn1.Cc1cc(-c2ncn(/C=C\C(=O)O)n2)cc(C(F)(F)F)c1.Cc1cc(C)cc(-c2ncn(/C=C\C(=O)NC(C)c3cnccn3)n2)c1. The normalized spacial score (nSPS) is 12.3. The predicted octanol–water partition coefficient (Wildman–Crippen LogP) is 6.02. The van der Waals surface area contributed by atoms with Gasteiger partial charge in [-0.25, -0.2) is 24.1 Å². The zero-order chi connectivity index (χ0) is 40.8. The number of carboxylic acid groups (broad SMARTS) is 1. The Labute approximate surface area is 319 Å². The number of amides is 1. The standard InChI is InChI=1S/C19H20N6O.C13H10F3N3O2.C6H9N3/c1-13-8-14(2)10-16(9-13)19-22-12-25(24-19)7-4-18(26)23-15(3)17-11-20-5-6-21-17;1-8-4-9(6-10(5-8)13(14,15)16)12-17-7-19(18-12)3-2-11(20)21;1-5(7)6-4-8-2-3-9-6/h4-12,15H,1-3H3,(H,23,26);2-7H,1H3,(H,20,21);2-5H,7H2,1H3/b7-4-;3-2-;. The molecule has 0 aliphatic rings. The van der Waals surface area contributed by atoms with Gasteiger partial charge >= 0.3 is 12.1 Å². The lowest BCUT2D eigenvalue weighted by molar-refractivity contribution is -0.137. The zero-order valence-electron chi connectivity index (χ0n) is 31.0. The monoisotopic (exact) mass is 768 g/mol. The van der Waals surface area contributed by atoms with Gasteiger partial charge in [0.25, 0.3) is 0 Å². The van der Waals surface area contributed by atoms with Gasteiger partial charge in [-0.05, 0) is 70.5 Å². The molecule has 1 amide bonds. The molecule has 0 aliphatic heterocycles. The van der Waals surface area contributed by atoms with E-state index in [4.69, 9.17) is 10.8 Å². The summed E-state index contributed by atoms with van der Waals surface area (Å²) in [4.78, 5) is 46.6. The van der Waals surface area contributed by atoms with Crippen molar-refractivity contribution in [2.75, 3.05) is 0 Å².